The van der Waals surface area contributed by atoms with E-state index in [0.717, 1.165) is 24.1 Å². The van der Waals surface area contributed by atoms with Crippen LogP contribution in [-0.4, -0.2) is 54.4 Å². The number of carbonyl (C=O) groups excluding carboxylic acids is 1. The van der Waals surface area contributed by atoms with Gasteiger partial charge in [0.05, 0.1) is 12.7 Å². The molecule has 2 aromatic carbocycles. The highest BCUT2D eigenvalue weighted by Gasteiger charge is 2.71. The minimum Gasteiger partial charge on any atom is -0.493 e. The second-order valence-corrected chi connectivity index (χ2v) is 12.3. The predicted molar refractivity (Wildman–Crippen MR) is 165 cm³/mol. The van der Waals surface area contributed by atoms with Gasteiger partial charge in [0.1, 0.15) is 18.2 Å². The number of alkyl halides is 6. The van der Waals surface area contributed by atoms with Crippen LogP contribution in [0.25, 0.3) is 0 Å². The first-order valence-corrected chi connectivity index (χ1v) is 16.1. The quantitative estimate of drug-likeness (QED) is 0.138. The van der Waals surface area contributed by atoms with Gasteiger partial charge in [-0.15, -0.1) is 0 Å². The Labute approximate surface area is 272 Å². The van der Waals surface area contributed by atoms with Crippen LogP contribution < -0.4 is 14.8 Å². The van der Waals surface area contributed by atoms with Gasteiger partial charge in [-0.1, -0.05) is 45.2 Å². The van der Waals surface area contributed by atoms with Crippen molar-refractivity contribution in [2.75, 3.05) is 19.9 Å². The highest BCUT2D eigenvalue weighted by atomic mass is 19.4. The van der Waals surface area contributed by atoms with E-state index in [4.69, 9.17) is 14.2 Å². The van der Waals surface area contributed by atoms with Crippen molar-refractivity contribution in [2.24, 2.45) is 0 Å². The zero-order valence-corrected chi connectivity index (χ0v) is 27.6. The summed E-state index contributed by atoms with van der Waals surface area (Å²) < 4.78 is 100. The zero-order valence-electron chi connectivity index (χ0n) is 27.6. The Balaban J connectivity index is 1.68. The summed E-state index contributed by atoms with van der Waals surface area (Å²) in [7, 11) is 0. The van der Waals surface area contributed by atoms with Crippen LogP contribution in [0, 0.1) is 0 Å². The van der Waals surface area contributed by atoms with Crippen LogP contribution in [0.4, 0.5) is 31.1 Å². The molecule has 2 aromatic rings. The highest BCUT2D eigenvalue weighted by molar-refractivity contribution is 5.75. The van der Waals surface area contributed by atoms with E-state index in [0.29, 0.717) is 44.4 Å². The van der Waals surface area contributed by atoms with Crippen LogP contribution in [0.2, 0.25) is 0 Å². The van der Waals surface area contributed by atoms with Gasteiger partial charge in [0.2, 0.25) is 0 Å². The van der Waals surface area contributed by atoms with E-state index in [1.54, 1.807) is 13.8 Å². The van der Waals surface area contributed by atoms with Gasteiger partial charge >= 0.3 is 18.4 Å². The van der Waals surface area contributed by atoms with Crippen LogP contribution in [0.3, 0.4) is 0 Å². The SMILES string of the molecule is CCCCCc1cc(C(O)(C(F)(F)F)C(F)(F)F)cc(CCC)c1OCCCCN1COC(C)(c2ccc(OC(C)C)cc2)NC1=O. The van der Waals surface area contributed by atoms with E-state index >= 15 is 0 Å². The smallest absolute Gasteiger partial charge is 0.430 e. The second-order valence-electron chi connectivity index (χ2n) is 12.3. The third-order valence-electron chi connectivity index (χ3n) is 8.04. The van der Waals surface area contributed by atoms with Gasteiger partial charge in [0.15, 0.2) is 5.72 Å². The Morgan fingerprint density at radius 1 is 0.936 bits per heavy atom. The topological polar surface area (TPSA) is 80.3 Å². The first kappa shape index (κ1) is 38.3. The molecule has 1 aliphatic heterocycles. The van der Waals surface area contributed by atoms with E-state index in [1.165, 1.54) is 4.90 Å². The van der Waals surface area contributed by atoms with Crippen molar-refractivity contribution in [1.29, 1.82) is 0 Å². The Morgan fingerprint density at radius 2 is 1.55 bits per heavy atom. The van der Waals surface area contributed by atoms with Gasteiger partial charge in [-0.05, 0) is 88.3 Å². The number of aryl methyl sites for hydroxylation is 2. The number of hydrogen-bond acceptors (Lipinski definition) is 5. The maximum atomic E-state index is 13.7. The monoisotopic (exact) mass is 676 g/mol. The number of urea groups is 1. The molecule has 0 aromatic heterocycles. The fraction of sp³-hybridized carbons (Fsp3) is 0.618. The van der Waals surface area contributed by atoms with E-state index in [-0.39, 0.29) is 55.2 Å². The first-order chi connectivity index (χ1) is 22.0. The molecule has 0 spiro atoms. The molecule has 0 radical (unpaired) electrons. The van der Waals surface area contributed by atoms with Gasteiger partial charge in [0, 0.05) is 17.7 Å². The molecule has 0 saturated carbocycles. The van der Waals surface area contributed by atoms with Crippen molar-refractivity contribution < 1.29 is 50.5 Å². The lowest BCUT2D eigenvalue weighted by molar-refractivity contribution is -0.376. The number of unbranched alkanes of at least 4 members (excludes halogenated alkanes) is 3. The van der Waals surface area contributed by atoms with Crippen LogP contribution in [0.15, 0.2) is 36.4 Å². The fourth-order valence-electron chi connectivity index (χ4n) is 5.45. The molecule has 3 rings (SSSR count). The molecule has 1 fully saturated rings. The molecule has 1 heterocycles. The number of nitrogens with zero attached hydrogens (tertiary/aromatic N) is 1. The minimum atomic E-state index is -5.98. The minimum absolute atomic E-state index is 0.0240. The molecule has 47 heavy (non-hydrogen) atoms. The van der Waals surface area contributed by atoms with Crippen molar-refractivity contribution >= 4 is 6.03 Å². The van der Waals surface area contributed by atoms with Crippen molar-refractivity contribution in [3.8, 4) is 11.5 Å². The number of amides is 2. The molecule has 2 amide bonds. The number of halogens is 6. The average molecular weight is 677 g/mol. The summed E-state index contributed by atoms with van der Waals surface area (Å²) in [5.41, 5.74) is -6.19. The molecule has 264 valence electrons. The number of aliphatic hydroxyl groups is 1. The van der Waals surface area contributed by atoms with Gasteiger partial charge in [0.25, 0.3) is 5.60 Å². The summed E-state index contributed by atoms with van der Waals surface area (Å²) in [5, 5.41) is 13.0. The molecule has 2 N–H and O–H groups in total. The largest absolute Gasteiger partial charge is 0.493 e. The lowest BCUT2D eigenvalue weighted by Crippen LogP contribution is -2.58. The maximum absolute atomic E-state index is 13.7. The number of nitrogens with one attached hydrogen (secondary N) is 1. The number of benzene rings is 2. The molecule has 1 saturated heterocycles. The van der Waals surface area contributed by atoms with E-state index in [9.17, 15) is 36.2 Å². The predicted octanol–water partition coefficient (Wildman–Crippen LogP) is 8.50. The summed E-state index contributed by atoms with van der Waals surface area (Å²) in [6, 6.07) is 8.50. The van der Waals surface area contributed by atoms with Gasteiger partial charge in [-0.2, -0.15) is 26.3 Å². The average Bonchev–Trinajstić information content (AvgIpc) is 2.97. The summed E-state index contributed by atoms with van der Waals surface area (Å²) in [6.45, 7) is 9.79. The zero-order chi connectivity index (χ0) is 35.0. The Hall–Kier alpha value is -3.19. The molecule has 1 unspecified atom stereocenters. The van der Waals surface area contributed by atoms with E-state index in [1.807, 2.05) is 45.0 Å². The van der Waals surface area contributed by atoms with Crippen molar-refractivity contribution in [3.63, 3.8) is 0 Å². The van der Waals surface area contributed by atoms with Gasteiger partial charge < -0.3 is 29.5 Å². The number of hydrogen-bond donors (Lipinski definition) is 2. The first-order valence-electron chi connectivity index (χ1n) is 16.1. The van der Waals surface area contributed by atoms with Gasteiger partial charge in [-0.25, -0.2) is 4.79 Å². The number of rotatable bonds is 16. The van der Waals surface area contributed by atoms with E-state index in [2.05, 4.69) is 5.32 Å². The van der Waals surface area contributed by atoms with Crippen LogP contribution >= 0.6 is 0 Å². The van der Waals surface area contributed by atoms with Crippen molar-refractivity contribution in [2.45, 2.75) is 116 Å². The Morgan fingerprint density at radius 3 is 2.09 bits per heavy atom. The Kier molecular flexibility index (Phi) is 12.9. The second kappa shape index (κ2) is 15.8. The van der Waals surface area contributed by atoms with E-state index < -0.39 is 29.2 Å². The third kappa shape index (κ3) is 9.25. The van der Waals surface area contributed by atoms with Crippen molar-refractivity contribution in [1.82, 2.24) is 10.2 Å². The molecule has 1 aliphatic rings. The van der Waals surface area contributed by atoms with Crippen LogP contribution in [0.1, 0.15) is 95.4 Å². The fourth-order valence-corrected chi connectivity index (χ4v) is 5.45. The maximum Gasteiger partial charge on any atom is 0.430 e. The number of carbonyl (C=O) groups is 1. The molecule has 0 bridgehead atoms. The molecule has 0 aliphatic carbocycles. The summed E-state index contributed by atoms with van der Waals surface area (Å²) in [4.78, 5) is 14.4. The molecular weight excluding hydrogens is 630 g/mol. The summed E-state index contributed by atoms with van der Waals surface area (Å²) >= 11 is 0. The van der Waals surface area contributed by atoms with Crippen LogP contribution in [-0.2, 0) is 28.9 Å². The lowest BCUT2D eigenvalue weighted by Gasteiger charge is -2.40. The van der Waals surface area contributed by atoms with Crippen LogP contribution in [0.5, 0.6) is 11.5 Å². The highest BCUT2D eigenvalue weighted by Crippen LogP contribution is 2.51. The Bertz CT molecular complexity index is 1300. The van der Waals surface area contributed by atoms with Gasteiger partial charge in [-0.3, -0.25) is 0 Å². The molecular formula is C34H46F6N2O5. The summed E-state index contributed by atoms with van der Waals surface area (Å²) in [5.74, 6) is 0.950. The number of ether oxygens (including phenoxy) is 3. The summed E-state index contributed by atoms with van der Waals surface area (Å²) in [6.07, 6.45) is -8.16. The molecule has 1 atom stereocenters. The third-order valence-corrected chi connectivity index (χ3v) is 8.04. The molecule has 13 heteroatoms. The normalized spacial score (nSPS) is 17.6. The molecule has 7 nitrogen and oxygen atoms in total. The van der Waals surface area contributed by atoms with Crippen molar-refractivity contribution in [3.05, 3.63) is 58.7 Å². The lowest BCUT2D eigenvalue weighted by atomic mass is 9.87. The standard InChI is InChI=1S/C34H46F6N2O5/c1-6-8-9-13-25-21-27(32(44,33(35,36)37)34(38,39)40)20-24(12-7-2)29(25)45-19-11-10-18-42-22-46-31(5,41-30(42)43)26-14-16-28(17-15-26)47-23(3)4/h14-17,20-21,23,44H,6-13,18-19,22H2,1-5H3,(H,41,43).